The molecule has 0 amide bonds. The Morgan fingerprint density at radius 2 is 2.28 bits per heavy atom. The van der Waals surface area contributed by atoms with Gasteiger partial charge in [0.1, 0.15) is 5.60 Å². The zero-order chi connectivity index (χ0) is 13.2. The third kappa shape index (κ3) is 2.90. The summed E-state index contributed by atoms with van der Waals surface area (Å²) < 4.78 is 11.1. The summed E-state index contributed by atoms with van der Waals surface area (Å²) in [6.45, 7) is 9.75. The summed E-state index contributed by atoms with van der Waals surface area (Å²) in [6.07, 6.45) is 2.11. The van der Waals surface area contributed by atoms with Crippen LogP contribution in [0.15, 0.2) is 4.52 Å². The molecule has 2 unspecified atom stereocenters. The molecule has 1 aromatic rings. The van der Waals surface area contributed by atoms with Gasteiger partial charge in [-0.05, 0) is 47.1 Å². The highest BCUT2D eigenvalue weighted by atomic mass is 16.5. The standard InChI is InChI=1S/C13H23N3O2/c1-5-17-13(3,4)12-15-11(18-16-12)10-6-7-14-9(2)8-10/h9-10,14H,5-8H2,1-4H3. The molecule has 1 aliphatic heterocycles. The molecular formula is C13H23N3O2. The Bertz CT molecular complexity index is 389. The van der Waals surface area contributed by atoms with E-state index in [4.69, 9.17) is 9.26 Å². The van der Waals surface area contributed by atoms with Crippen LogP contribution in [0, 0.1) is 0 Å². The Kier molecular flexibility index (Phi) is 4.02. The van der Waals surface area contributed by atoms with Crippen LogP contribution in [-0.2, 0) is 10.3 Å². The van der Waals surface area contributed by atoms with E-state index in [-0.39, 0.29) is 0 Å². The third-order valence-corrected chi connectivity index (χ3v) is 3.46. The third-order valence-electron chi connectivity index (χ3n) is 3.46. The van der Waals surface area contributed by atoms with Crippen LogP contribution < -0.4 is 5.32 Å². The van der Waals surface area contributed by atoms with E-state index < -0.39 is 5.60 Å². The first kappa shape index (κ1) is 13.5. The molecule has 1 saturated heterocycles. The topological polar surface area (TPSA) is 60.2 Å². The fourth-order valence-electron chi connectivity index (χ4n) is 2.43. The zero-order valence-electron chi connectivity index (χ0n) is 11.7. The average Bonchev–Trinajstić information content (AvgIpc) is 2.78. The lowest BCUT2D eigenvalue weighted by Gasteiger charge is -2.25. The van der Waals surface area contributed by atoms with Crippen LogP contribution in [0.1, 0.15) is 58.2 Å². The van der Waals surface area contributed by atoms with Crippen LogP contribution in [0.4, 0.5) is 0 Å². The van der Waals surface area contributed by atoms with Gasteiger partial charge >= 0.3 is 0 Å². The number of rotatable bonds is 4. The van der Waals surface area contributed by atoms with Crippen LogP contribution >= 0.6 is 0 Å². The van der Waals surface area contributed by atoms with Crippen LogP contribution in [0.5, 0.6) is 0 Å². The van der Waals surface area contributed by atoms with Crippen molar-refractivity contribution in [2.24, 2.45) is 0 Å². The molecule has 5 nitrogen and oxygen atoms in total. The van der Waals surface area contributed by atoms with Gasteiger partial charge in [0.05, 0.1) is 0 Å². The summed E-state index contributed by atoms with van der Waals surface area (Å²) in [7, 11) is 0. The molecule has 1 fully saturated rings. The van der Waals surface area contributed by atoms with E-state index in [1.165, 1.54) is 0 Å². The summed E-state index contributed by atoms with van der Waals surface area (Å²) in [5.74, 6) is 1.77. The van der Waals surface area contributed by atoms with Crippen LogP contribution in [0.3, 0.4) is 0 Å². The molecule has 0 saturated carbocycles. The Labute approximate surface area is 108 Å². The van der Waals surface area contributed by atoms with Crippen LogP contribution in [0.2, 0.25) is 0 Å². The van der Waals surface area contributed by atoms with Crippen LogP contribution in [0.25, 0.3) is 0 Å². The van der Waals surface area contributed by atoms with Crippen molar-refractivity contribution in [2.45, 2.75) is 58.1 Å². The molecule has 1 aliphatic rings. The summed E-state index contributed by atoms with van der Waals surface area (Å²) in [6, 6.07) is 0.513. The number of nitrogens with zero attached hydrogens (tertiary/aromatic N) is 2. The Hall–Kier alpha value is -0.940. The fraction of sp³-hybridized carbons (Fsp3) is 0.846. The summed E-state index contributed by atoms with van der Waals surface area (Å²) >= 11 is 0. The molecule has 5 heteroatoms. The Balaban J connectivity index is 2.10. The van der Waals surface area contributed by atoms with Crippen molar-refractivity contribution in [3.05, 3.63) is 11.7 Å². The minimum Gasteiger partial charge on any atom is -0.368 e. The second-order valence-corrected chi connectivity index (χ2v) is 5.48. The second kappa shape index (κ2) is 5.36. The van der Waals surface area contributed by atoms with Gasteiger partial charge in [0.2, 0.25) is 11.7 Å². The molecule has 102 valence electrons. The molecule has 0 spiro atoms. The van der Waals surface area contributed by atoms with Gasteiger partial charge in [0.25, 0.3) is 0 Å². The van der Waals surface area contributed by atoms with Crippen molar-refractivity contribution in [3.8, 4) is 0 Å². The van der Waals surface area contributed by atoms with E-state index in [1.807, 2.05) is 20.8 Å². The van der Waals surface area contributed by atoms with Gasteiger partial charge in [-0.2, -0.15) is 4.98 Å². The fourth-order valence-corrected chi connectivity index (χ4v) is 2.43. The van der Waals surface area contributed by atoms with Gasteiger partial charge in [-0.15, -0.1) is 0 Å². The minimum atomic E-state index is -0.477. The van der Waals surface area contributed by atoms with Crippen molar-refractivity contribution >= 4 is 0 Å². The number of hydrogen-bond donors (Lipinski definition) is 1. The van der Waals surface area contributed by atoms with Crippen molar-refractivity contribution in [1.29, 1.82) is 0 Å². The molecule has 0 bridgehead atoms. The molecular weight excluding hydrogens is 230 g/mol. The predicted molar refractivity (Wildman–Crippen MR) is 68.4 cm³/mol. The Morgan fingerprint density at radius 1 is 1.50 bits per heavy atom. The highest BCUT2D eigenvalue weighted by Crippen LogP contribution is 2.29. The second-order valence-electron chi connectivity index (χ2n) is 5.48. The van der Waals surface area contributed by atoms with E-state index in [0.717, 1.165) is 25.3 Å². The van der Waals surface area contributed by atoms with E-state index in [1.54, 1.807) is 0 Å². The first-order valence-corrected chi connectivity index (χ1v) is 6.74. The Morgan fingerprint density at radius 3 is 2.94 bits per heavy atom. The SMILES string of the molecule is CCOC(C)(C)c1noc(C2CCNC(C)C2)n1. The number of ether oxygens (including phenoxy) is 1. The van der Waals surface area contributed by atoms with E-state index in [0.29, 0.717) is 24.4 Å². The van der Waals surface area contributed by atoms with Gasteiger partial charge in [0, 0.05) is 18.6 Å². The smallest absolute Gasteiger partial charge is 0.229 e. The number of piperidine rings is 1. The molecule has 1 aromatic heterocycles. The van der Waals surface area contributed by atoms with Crippen molar-refractivity contribution in [3.63, 3.8) is 0 Å². The van der Waals surface area contributed by atoms with E-state index in [9.17, 15) is 0 Å². The van der Waals surface area contributed by atoms with Crippen molar-refractivity contribution in [2.75, 3.05) is 13.2 Å². The lowest BCUT2D eigenvalue weighted by molar-refractivity contribution is -0.0221. The summed E-state index contributed by atoms with van der Waals surface area (Å²) in [4.78, 5) is 4.53. The molecule has 2 heterocycles. The summed E-state index contributed by atoms with van der Waals surface area (Å²) in [5, 5.41) is 7.50. The molecule has 18 heavy (non-hydrogen) atoms. The number of aromatic nitrogens is 2. The minimum absolute atomic E-state index is 0.375. The van der Waals surface area contributed by atoms with E-state index in [2.05, 4.69) is 22.4 Å². The van der Waals surface area contributed by atoms with Gasteiger partial charge in [-0.25, -0.2) is 0 Å². The molecule has 2 atom stereocenters. The monoisotopic (exact) mass is 253 g/mol. The van der Waals surface area contributed by atoms with Gasteiger partial charge in [0.15, 0.2) is 0 Å². The molecule has 0 radical (unpaired) electrons. The highest BCUT2D eigenvalue weighted by Gasteiger charge is 2.30. The predicted octanol–water partition coefficient (Wildman–Crippen LogP) is 2.20. The van der Waals surface area contributed by atoms with Gasteiger partial charge < -0.3 is 14.6 Å². The van der Waals surface area contributed by atoms with Gasteiger partial charge in [-0.1, -0.05) is 5.16 Å². The lowest BCUT2D eigenvalue weighted by atomic mass is 9.93. The quantitative estimate of drug-likeness (QED) is 0.891. The van der Waals surface area contributed by atoms with Crippen molar-refractivity contribution < 1.29 is 9.26 Å². The first-order chi connectivity index (χ1) is 8.53. The molecule has 2 rings (SSSR count). The molecule has 0 aromatic carbocycles. The van der Waals surface area contributed by atoms with Crippen molar-refractivity contribution in [1.82, 2.24) is 15.5 Å². The number of nitrogens with one attached hydrogen (secondary N) is 1. The first-order valence-electron chi connectivity index (χ1n) is 6.74. The largest absolute Gasteiger partial charge is 0.368 e. The highest BCUT2D eigenvalue weighted by molar-refractivity contribution is 5.02. The lowest BCUT2D eigenvalue weighted by Crippen LogP contribution is -2.35. The van der Waals surface area contributed by atoms with Crippen LogP contribution in [-0.4, -0.2) is 29.3 Å². The maximum atomic E-state index is 5.64. The van der Waals surface area contributed by atoms with Gasteiger partial charge in [-0.3, -0.25) is 0 Å². The normalized spacial score (nSPS) is 25.3. The molecule has 1 N–H and O–H groups in total. The number of hydrogen-bond acceptors (Lipinski definition) is 5. The zero-order valence-corrected chi connectivity index (χ0v) is 11.7. The summed E-state index contributed by atoms with van der Waals surface area (Å²) in [5.41, 5.74) is -0.477. The van der Waals surface area contributed by atoms with E-state index >= 15 is 0 Å². The maximum Gasteiger partial charge on any atom is 0.229 e. The average molecular weight is 253 g/mol. The molecule has 0 aliphatic carbocycles. The maximum absolute atomic E-state index is 5.64.